The standard InChI is InChI=1S/C21H16ClN3O3/c1-12-9-14(10-19-18-8-3-15(22)11-20(18)23-21(19)26)13(2)24(12)16-4-6-17(7-5-16)25(27)28/h3-11H,1-2H3,(H,23,26)/b19-10+. The summed E-state index contributed by atoms with van der Waals surface area (Å²) in [5.41, 5.74) is 5.78. The maximum atomic E-state index is 12.4. The van der Waals surface area contributed by atoms with E-state index in [9.17, 15) is 14.9 Å². The van der Waals surface area contributed by atoms with Crippen molar-refractivity contribution < 1.29 is 9.72 Å². The molecule has 0 saturated heterocycles. The molecule has 2 heterocycles. The van der Waals surface area contributed by atoms with Gasteiger partial charge < -0.3 is 9.88 Å². The van der Waals surface area contributed by atoms with Gasteiger partial charge in [-0.2, -0.15) is 0 Å². The van der Waals surface area contributed by atoms with Crippen molar-refractivity contribution in [1.29, 1.82) is 0 Å². The summed E-state index contributed by atoms with van der Waals surface area (Å²) in [6.07, 6.45) is 1.86. The molecule has 4 rings (SSSR count). The quantitative estimate of drug-likeness (QED) is 0.380. The molecule has 0 saturated carbocycles. The first-order chi connectivity index (χ1) is 13.3. The van der Waals surface area contributed by atoms with E-state index in [0.29, 0.717) is 16.3 Å². The van der Waals surface area contributed by atoms with E-state index in [1.54, 1.807) is 24.3 Å². The number of halogens is 1. The predicted octanol–water partition coefficient (Wildman–Crippen LogP) is 5.15. The molecule has 2 aromatic carbocycles. The van der Waals surface area contributed by atoms with E-state index in [1.165, 1.54) is 12.1 Å². The van der Waals surface area contributed by atoms with Crippen molar-refractivity contribution in [3.05, 3.63) is 86.2 Å². The minimum atomic E-state index is -0.419. The summed E-state index contributed by atoms with van der Waals surface area (Å²) in [4.78, 5) is 22.9. The lowest BCUT2D eigenvalue weighted by molar-refractivity contribution is -0.384. The number of nitrogens with one attached hydrogen (secondary N) is 1. The number of aromatic nitrogens is 1. The van der Waals surface area contributed by atoms with Crippen molar-refractivity contribution in [2.45, 2.75) is 13.8 Å². The van der Waals surface area contributed by atoms with Crippen molar-refractivity contribution in [2.24, 2.45) is 0 Å². The first kappa shape index (κ1) is 18.0. The van der Waals surface area contributed by atoms with Gasteiger partial charge in [0.1, 0.15) is 0 Å². The van der Waals surface area contributed by atoms with Gasteiger partial charge in [0.05, 0.1) is 10.6 Å². The van der Waals surface area contributed by atoms with Crippen molar-refractivity contribution >= 4 is 40.5 Å². The van der Waals surface area contributed by atoms with Crippen LogP contribution < -0.4 is 5.32 Å². The highest BCUT2D eigenvalue weighted by molar-refractivity contribution is 6.36. The molecular weight excluding hydrogens is 378 g/mol. The number of rotatable bonds is 3. The number of nitrogens with zero attached hydrogens (tertiary/aromatic N) is 2. The second kappa shape index (κ2) is 6.65. The number of hydrogen-bond acceptors (Lipinski definition) is 3. The third-order valence-electron chi connectivity index (χ3n) is 4.85. The highest BCUT2D eigenvalue weighted by atomic mass is 35.5. The molecule has 6 nitrogen and oxygen atoms in total. The maximum Gasteiger partial charge on any atom is 0.269 e. The van der Waals surface area contributed by atoms with Crippen LogP contribution in [0.2, 0.25) is 5.02 Å². The Kier molecular flexibility index (Phi) is 4.28. The maximum absolute atomic E-state index is 12.4. The van der Waals surface area contributed by atoms with Gasteiger partial charge in [-0.05, 0) is 55.8 Å². The van der Waals surface area contributed by atoms with E-state index in [-0.39, 0.29) is 11.6 Å². The number of nitro groups is 1. The molecule has 1 aromatic heterocycles. The van der Waals surface area contributed by atoms with Crippen LogP contribution >= 0.6 is 11.6 Å². The molecule has 1 aliphatic rings. The van der Waals surface area contributed by atoms with Crippen LogP contribution in [-0.2, 0) is 4.79 Å². The number of fused-ring (bicyclic) bond motifs is 1. The van der Waals surface area contributed by atoms with Gasteiger partial charge in [0.15, 0.2) is 0 Å². The van der Waals surface area contributed by atoms with Crippen LogP contribution in [0, 0.1) is 24.0 Å². The van der Waals surface area contributed by atoms with E-state index >= 15 is 0 Å². The number of benzene rings is 2. The fraction of sp³-hybridized carbons (Fsp3) is 0.0952. The molecule has 0 fully saturated rings. The Morgan fingerprint density at radius 2 is 1.82 bits per heavy atom. The zero-order valence-corrected chi connectivity index (χ0v) is 15.9. The summed E-state index contributed by atoms with van der Waals surface area (Å²) >= 11 is 6.01. The number of carbonyl (C=O) groups excluding carboxylic acids is 1. The van der Waals surface area contributed by atoms with Crippen molar-refractivity contribution in [1.82, 2.24) is 4.57 Å². The molecule has 1 N–H and O–H groups in total. The molecule has 0 radical (unpaired) electrons. The summed E-state index contributed by atoms with van der Waals surface area (Å²) in [7, 11) is 0. The number of carbonyl (C=O) groups is 1. The Balaban J connectivity index is 1.77. The van der Waals surface area contributed by atoms with Gasteiger partial charge in [0, 0.05) is 45.4 Å². The molecule has 1 amide bonds. The molecule has 28 heavy (non-hydrogen) atoms. The minimum absolute atomic E-state index is 0.0476. The van der Waals surface area contributed by atoms with Gasteiger partial charge >= 0.3 is 0 Å². The number of nitro benzene ring substituents is 1. The highest BCUT2D eigenvalue weighted by Gasteiger charge is 2.25. The average molecular weight is 394 g/mol. The van der Waals surface area contributed by atoms with Crippen LogP contribution in [0.15, 0.2) is 48.5 Å². The smallest absolute Gasteiger partial charge is 0.269 e. The van der Waals surface area contributed by atoms with Crippen LogP contribution in [0.25, 0.3) is 17.3 Å². The van der Waals surface area contributed by atoms with Gasteiger partial charge in [0.25, 0.3) is 11.6 Å². The second-order valence-electron chi connectivity index (χ2n) is 6.64. The Morgan fingerprint density at radius 1 is 1.11 bits per heavy atom. The molecule has 140 valence electrons. The van der Waals surface area contributed by atoms with Gasteiger partial charge in [-0.1, -0.05) is 17.7 Å². The summed E-state index contributed by atoms with van der Waals surface area (Å²) in [5.74, 6) is -0.169. The fourth-order valence-corrected chi connectivity index (χ4v) is 3.69. The summed E-state index contributed by atoms with van der Waals surface area (Å²) < 4.78 is 2.01. The number of hydrogen-bond donors (Lipinski definition) is 1. The number of anilines is 1. The molecule has 1 aliphatic heterocycles. The Bertz CT molecular complexity index is 1160. The Labute approximate surface area is 166 Å². The molecule has 3 aromatic rings. The summed E-state index contributed by atoms with van der Waals surface area (Å²) in [6.45, 7) is 3.91. The third-order valence-corrected chi connectivity index (χ3v) is 5.09. The van der Waals surface area contributed by atoms with Gasteiger partial charge in [0.2, 0.25) is 0 Å². The monoisotopic (exact) mass is 393 g/mol. The zero-order valence-electron chi connectivity index (χ0n) is 15.2. The van der Waals surface area contributed by atoms with Crippen LogP contribution in [0.4, 0.5) is 11.4 Å². The van der Waals surface area contributed by atoms with Crippen LogP contribution in [0.5, 0.6) is 0 Å². The van der Waals surface area contributed by atoms with E-state index in [1.807, 2.05) is 36.6 Å². The summed E-state index contributed by atoms with van der Waals surface area (Å²) in [5, 5.41) is 14.3. The normalized spacial score (nSPS) is 14.2. The van der Waals surface area contributed by atoms with Crippen LogP contribution in [-0.4, -0.2) is 15.4 Å². The van der Waals surface area contributed by atoms with Crippen molar-refractivity contribution in [3.63, 3.8) is 0 Å². The number of non-ortho nitro benzene ring substituents is 1. The lowest BCUT2D eigenvalue weighted by atomic mass is 10.0. The van der Waals surface area contributed by atoms with Gasteiger partial charge in [-0.25, -0.2) is 0 Å². The highest BCUT2D eigenvalue weighted by Crippen LogP contribution is 2.36. The fourth-order valence-electron chi connectivity index (χ4n) is 3.52. The molecule has 0 unspecified atom stereocenters. The lowest BCUT2D eigenvalue weighted by Gasteiger charge is -2.09. The molecule has 0 spiro atoms. The van der Waals surface area contributed by atoms with Gasteiger partial charge in [-0.3, -0.25) is 14.9 Å². The molecule has 7 heteroatoms. The first-order valence-corrected chi connectivity index (χ1v) is 8.99. The summed E-state index contributed by atoms with van der Waals surface area (Å²) in [6, 6.07) is 13.7. The van der Waals surface area contributed by atoms with E-state index in [2.05, 4.69) is 5.32 Å². The molecule has 0 atom stereocenters. The van der Waals surface area contributed by atoms with E-state index in [4.69, 9.17) is 11.6 Å². The average Bonchev–Trinajstić information content (AvgIpc) is 3.10. The van der Waals surface area contributed by atoms with Crippen molar-refractivity contribution in [2.75, 3.05) is 5.32 Å². The molecule has 0 bridgehead atoms. The SMILES string of the molecule is Cc1cc(/C=C2/C(=O)Nc3cc(Cl)ccc32)c(C)n1-c1ccc([N+](=O)[O-])cc1. The first-order valence-electron chi connectivity index (χ1n) is 8.62. The van der Waals surface area contributed by atoms with E-state index in [0.717, 1.165) is 28.2 Å². The van der Waals surface area contributed by atoms with Crippen LogP contribution in [0.3, 0.4) is 0 Å². The van der Waals surface area contributed by atoms with Crippen molar-refractivity contribution in [3.8, 4) is 5.69 Å². The van der Waals surface area contributed by atoms with Crippen LogP contribution in [0.1, 0.15) is 22.5 Å². The molecule has 0 aliphatic carbocycles. The predicted molar refractivity (Wildman–Crippen MR) is 110 cm³/mol. The van der Waals surface area contributed by atoms with E-state index < -0.39 is 4.92 Å². The Hall–Kier alpha value is -3.38. The third kappa shape index (κ3) is 2.97. The second-order valence-corrected chi connectivity index (χ2v) is 7.07. The van der Waals surface area contributed by atoms with Gasteiger partial charge in [-0.15, -0.1) is 0 Å². The lowest BCUT2D eigenvalue weighted by Crippen LogP contribution is -2.03. The topological polar surface area (TPSA) is 77.2 Å². The molecular formula is C21H16ClN3O3. The zero-order chi connectivity index (χ0) is 20.0. The largest absolute Gasteiger partial charge is 0.321 e. The number of aryl methyl sites for hydroxylation is 1. The Morgan fingerprint density at radius 3 is 2.50 bits per heavy atom. The number of amides is 1. The minimum Gasteiger partial charge on any atom is -0.321 e.